The number of hydrogen-bond acceptors (Lipinski definition) is 3. The lowest BCUT2D eigenvalue weighted by molar-refractivity contribution is 0.461. The lowest BCUT2D eigenvalue weighted by atomic mass is 10.1. The van der Waals surface area contributed by atoms with E-state index in [1.165, 1.54) is 11.1 Å². The molecule has 21 heavy (non-hydrogen) atoms. The summed E-state index contributed by atoms with van der Waals surface area (Å²) in [6.07, 6.45) is 2.73. The van der Waals surface area contributed by atoms with Crippen LogP contribution in [0.5, 0.6) is 11.6 Å². The number of halogens is 1. The Morgan fingerprint density at radius 2 is 2.00 bits per heavy atom. The highest BCUT2D eigenvalue weighted by atomic mass is 35.5. The van der Waals surface area contributed by atoms with Crippen LogP contribution in [0.25, 0.3) is 0 Å². The summed E-state index contributed by atoms with van der Waals surface area (Å²) < 4.78 is 5.82. The molecule has 0 aliphatic rings. The van der Waals surface area contributed by atoms with Crippen LogP contribution >= 0.6 is 11.6 Å². The molecule has 0 saturated heterocycles. The van der Waals surface area contributed by atoms with Crippen LogP contribution in [-0.4, -0.2) is 11.5 Å². The van der Waals surface area contributed by atoms with Gasteiger partial charge in [0, 0.05) is 18.8 Å². The summed E-state index contributed by atoms with van der Waals surface area (Å²) in [5.74, 6) is 1.36. The summed E-state index contributed by atoms with van der Waals surface area (Å²) in [5.41, 5.74) is 3.45. The molecule has 0 spiro atoms. The molecule has 0 unspecified atom stereocenters. The second kappa shape index (κ2) is 7.43. The highest BCUT2D eigenvalue weighted by Crippen LogP contribution is 2.25. The summed E-state index contributed by atoms with van der Waals surface area (Å²) in [5, 5.41) is 3.99. The number of aryl methyl sites for hydroxylation is 2. The first-order chi connectivity index (χ1) is 10.1. The summed E-state index contributed by atoms with van der Waals surface area (Å²) in [6.45, 7) is 7.97. The highest BCUT2D eigenvalue weighted by molar-refractivity contribution is 6.31. The van der Waals surface area contributed by atoms with Gasteiger partial charge in [-0.15, -0.1) is 0 Å². The molecule has 0 radical (unpaired) electrons. The third kappa shape index (κ3) is 4.45. The predicted molar refractivity (Wildman–Crippen MR) is 87.2 cm³/mol. The molecule has 3 nitrogen and oxygen atoms in total. The largest absolute Gasteiger partial charge is 0.439 e. The van der Waals surface area contributed by atoms with Crippen molar-refractivity contribution in [1.29, 1.82) is 0 Å². The van der Waals surface area contributed by atoms with Crippen LogP contribution in [0.1, 0.15) is 30.0 Å². The summed E-state index contributed by atoms with van der Waals surface area (Å²) in [4.78, 5) is 4.23. The first-order valence-corrected chi connectivity index (χ1v) is 7.58. The summed E-state index contributed by atoms with van der Waals surface area (Å²) in [6, 6.07) is 7.90. The van der Waals surface area contributed by atoms with Crippen LogP contribution in [0.2, 0.25) is 5.02 Å². The van der Waals surface area contributed by atoms with E-state index in [4.69, 9.17) is 16.3 Å². The van der Waals surface area contributed by atoms with Crippen LogP contribution in [0.3, 0.4) is 0 Å². The molecule has 0 amide bonds. The topological polar surface area (TPSA) is 34.1 Å². The number of nitrogens with one attached hydrogen (secondary N) is 1. The Bertz CT molecular complexity index is 614. The number of pyridine rings is 1. The normalized spacial score (nSPS) is 10.7. The Morgan fingerprint density at radius 3 is 2.71 bits per heavy atom. The number of nitrogens with zero attached hydrogens (tertiary/aromatic N) is 1. The van der Waals surface area contributed by atoms with E-state index in [0.717, 1.165) is 30.8 Å². The number of rotatable bonds is 6. The van der Waals surface area contributed by atoms with Crippen LogP contribution in [-0.2, 0) is 6.54 Å². The van der Waals surface area contributed by atoms with E-state index in [-0.39, 0.29) is 0 Å². The average molecular weight is 305 g/mol. The van der Waals surface area contributed by atoms with Crippen molar-refractivity contribution in [2.24, 2.45) is 0 Å². The molecular weight excluding hydrogens is 284 g/mol. The Hall–Kier alpha value is -1.58. The van der Waals surface area contributed by atoms with E-state index >= 15 is 0 Å². The van der Waals surface area contributed by atoms with E-state index < -0.39 is 0 Å². The predicted octanol–water partition coefficient (Wildman–Crippen LogP) is 4.64. The standard InChI is InChI=1S/C17H21ClN2O/c1-4-7-19-10-14-9-17(20-11-16(14)18)21-15-6-5-12(2)13(3)8-15/h5-6,8-9,11,19H,4,7,10H2,1-3H3. The molecule has 1 aromatic heterocycles. The molecule has 0 aliphatic heterocycles. The first kappa shape index (κ1) is 15.8. The minimum Gasteiger partial charge on any atom is -0.439 e. The van der Waals surface area contributed by atoms with Gasteiger partial charge >= 0.3 is 0 Å². The van der Waals surface area contributed by atoms with Crippen molar-refractivity contribution in [2.75, 3.05) is 6.54 Å². The first-order valence-electron chi connectivity index (χ1n) is 7.20. The summed E-state index contributed by atoms with van der Waals surface area (Å²) >= 11 is 6.17. The van der Waals surface area contributed by atoms with Gasteiger partial charge in [-0.2, -0.15) is 0 Å². The Morgan fingerprint density at radius 1 is 1.19 bits per heavy atom. The van der Waals surface area contributed by atoms with Gasteiger partial charge in [0.15, 0.2) is 0 Å². The lowest BCUT2D eigenvalue weighted by Crippen LogP contribution is -2.14. The third-order valence-electron chi connectivity index (χ3n) is 3.35. The van der Waals surface area contributed by atoms with Crippen molar-refractivity contribution in [2.45, 2.75) is 33.7 Å². The van der Waals surface area contributed by atoms with Crippen LogP contribution < -0.4 is 10.1 Å². The molecular formula is C17H21ClN2O. The zero-order chi connectivity index (χ0) is 15.2. The maximum absolute atomic E-state index is 6.17. The molecule has 0 fully saturated rings. The molecule has 0 bridgehead atoms. The quantitative estimate of drug-likeness (QED) is 0.789. The molecule has 2 rings (SSSR count). The lowest BCUT2D eigenvalue weighted by Gasteiger charge is -2.10. The molecule has 1 N–H and O–H groups in total. The molecule has 112 valence electrons. The fraction of sp³-hybridized carbons (Fsp3) is 0.353. The number of benzene rings is 1. The van der Waals surface area contributed by atoms with E-state index in [1.54, 1.807) is 6.20 Å². The van der Waals surface area contributed by atoms with E-state index in [0.29, 0.717) is 10.9 Å². The highest BCUT2D eigenvalue weighted by Gasteiger charge is 2.06. The average Bonchev–Trinajstić information content (AvgIpc) is 2.46. The van der Waals surface area contributed by atoms with Gasteiger partial charge in [-0.25, -0.2) is 4.98 Å². The van der Waals surface area contributed by atoms with Crippen LogP contribution in [0.15, 0.2) is 30.5 Å². The van der Waals surface area contributed by atoms with Gasteiger partial charge in [0.05, 0.1) is 5.02 Å². The molecule has 4 heteroatoms. The van der Waals surface area contributed by atoms with Gasteiger partial charge < -0.3 is 10.1 Å². The molecule has 0 atom stereocenters. The van der Waals surface area contributed by atoms with Gasteiger partial charge in [0.25, 0.3) is 0 Å². The minimum atomic E-state index is 0.566. The number of hydrogen-bond donors (Lipinski definition) is 1. The van der Waals surface area contributed by atoms with Crippen LogP contribution in [0.4, 0.5) is 0 Å². The number of aromatic nitrogens is 1. The maximum atomic E-state index is 6.17. The second-order valence-electron chi connectivity index (χ2n) is 5.14. The van der Waals surface area contributed by atoms with Gasteiger partial charge in [-0.1, -0.05) is 24.6 Å². The van der Waals surface area contributed by atoms with Crippen molar-refractivity contribution in [3.63, 3.8) is 0 Å². The van der Waals surface area contributed by atoms with Gasteiger partial charge in [0.2, 0.25) is 5.88 Å². The Labute approximate surface area is 131 Å². The summed E-state index contributed by atoms with van der Waals surface area (Å²) in [7, 11) is 0. The van der Waals surface area contributed by atoms with Gasteiger partial charge in [-0.05, 0) is 55.6 Å². The minimum absolute atomic E-state index is 0.566. The zero-order valence-electron chi connectivity index (χ0n) is 12.7. The molecule has 0 aliphatic carbocycles. The van der Waals surface area contributed by atoms with E-state index in [2.05, 4.69) is 31.1 Å². The fourth-order valence-corrected chi connectivity index (χ4v) is 2.12. The molecule has 1 aromatic carbocycles. The van der Waals surface area contributed by atoms with Gasteiger partial charge in [-0.3, -0.25) is 0 Å². The maximum Gasteiger partial charge on any atom is 0.219 e. The zero-order valence-corrected chi connectivity index (χ0v) is 13.5. The van der Waals surface area contributed by atoms with E-state index in [9.17, 15) is 0 Å². The second-order valence-corrected chi connectivity index (χ2v) is 5.55. The van der Waals surface area contributed by atoms with Crippen molar-refractivity contribution in [3.8, 4) is 11.6 Å². The van der Waals surface area contributed by atoms with Crippen LogP contribution in [0, 0.1) is 13.8 Å². The molecule has 2 aromatic rings. The third-order valence-corrected chi connectivity index (χ3v) is 3.69. The molecule has 0 saturated carbocycles. The van der Waals surface area contributed by atoms with Crippen molar-refractivity contribution in [3.05, 3.63) is 52.2 Å². The van der Waals surface area contributed by atoms with Gasteiger partial charge in [0.1, 0.15) is 5.75 Å². The smallest absolute Gasteiger partial charge is 0.219 e. The van der Waals surface area contributed by atoms with Crippen molar-refractivity contribution >= 4 is 11.6 Å². The molecule has 1 heterocycles. The Kier molecular flexibility index (Phi) is 5.59. The fourth-order valence-electron chi connectivity index (χ4n) is 1.95. The van der Waals surface area contributed by atoms with Crippen molar-refractivity contribution < 1.29 is 4.74 Å². The van der Waals surface area contributed by atoms with Crippen molar-refractivity contribution in [1.82, 2.24) is 10.3 Å². The van der Waals surface area contributed by atoms with E-state index in [1.807, 2.05) is 24.3 Å². The number of ether oxygens (including phenoxy) is 1. The monoisotopic (exact) mass is 304 g/mol. The SMILES string of the molecule is CCCNCc1cc(Oc2ccc(C)c(C)c2)ncc1Cl. The Balaban J connectivity index is 2.12.